The molecule has 0 amide bonds. The fourth-order valence-corrected chi connectivity index (χ4v) is 1.83. The second-order valence-corrected chi connectivity index (χ2v) is 5.15. The molecule has 0 aromatic carbocycles. The van der Waals surface area contributed by atoms with E-state index in [1.54, 1.807) is 0 Å². The molecule has 0 aromatic rings. The van der Waals surface area contributed by atoms with Crippen LogP contribution in [0.25, 0.3) is 0 Å². The molecule has 0 spiro atoms. The van der Waals surface area contributed by atoms with Crippen LogP contribution in [0, 0.1) is 0 Å². The van der Waals surface area contributed by atoms with Crippen LogP contribution in [0.1, 0.15) is 85.0 Å². The molecule has 0 N–H and O–H groups in total. The van der Waals surface area contributed by atoms with Crippen molar-refractivity contribution in [3.05, 3.63) is 0 Å². The van der Waals surface area contributed by atoms with Gasteiger partial charge in [0.2, 0.25) is 0 Å². The molecule has 0 saturated carbocycles. The van der Waals surface area contributed by atoms with Crippen LogP contribution < -0.4 is 0 Å². The maximum absolute atomic E-state index is 5.07. The Hall–Kier alpha value is -0.0800. The van der Waals surface area contributed by atoms with Gasteiger partial charge in [-0.1, -0.05) is 64.7 Å². The van der Waals surface area contributed by atoms with Gasteiger partial charge in [-0.15, -0.1) is 0 Å². The predicted molar refractivity (Wildman–Crippen MR) is 74.0 cm³/mol. The molecule has 104 valence electrons. The molecule has 0 rings (SSSR count). The number of hydrogen-bond donors (Lipinski definition) is 0. The molecular weight excluding hydrogens is 212 g/mol. The van der Waals surface area contributed by atoms with Crippen LogP contribution in [0.4, 0.5) is 0 Å². The molecule has 0 aliphatic heterocycles. The van der Waals surface area contributed by atoms with E-state index in [1.165, 1.54) is 57.8 Å². The van der Waals surface area contributed by atoms with E-state index in [0.29, 0.717) is 0 Å². The zero-order valence-corrected chi connectivity index (χ0v) is 12.2. The summed E-state index contributed by atoms with van der Waals surface area (Å²) < 4.78 is 0. The predicted octanol–water partition coefficient (Wildman–Crippen LogP) is 5.26. The summed E-state index contributed by atoms with van der Waals surface area (Å²) in [6.45, 7) is 6.98. The molecule has 0 unspecified atom stereocenters. The fraction of sp³-hybridized carbons (Fsp3) is 1.00. The zero-order chi connectivity index (χ0) is 12.8. The monoisotopic (exact) mass is 244 g/mol. The average molecular weight is 244 g/mol. The lowest BCUT2D eigenvalue weighted by Crippen LogP contribution is -2.04. The van der Waals surface area contributed by atoms with Gasteiger partial charge in [0.05, 0.1) is 12.7 Å². The number of hydrogen-bond acceptors (Lipinski definition) is 2. The Kier molecular flexibility index (Phi) is 13.9. The van der Waals surface area contributed by atoms with Gasteiger partial charge in [0, 0.05) is 0 Å². The van der Waals surface area contributed by atoms with Gasteiger partial charge in [0.1, 0.15) is 0 Å². The first-order chi connectivity index (χ1) is 8.27. The smallest absolute Gasteiger partial charge is 0.0873 e. The zero-order valence-electron chi connectivity index (χ0n) is 12.2. The van der Waals surface area contributed by atoms with Crippen molar-refractivity contribution >= 4 is 0 Å². The average Bonchev–Trinajstić information content (AvgIpc) is 2.30. The highest BCUT2D eigenvalue weighted by Gasteiger charge is 1.95. The Bertz CT molecular complexity index is 135. The Balaban J connectivity index is 2.89. The van der Waals surface area contributed by atoms with Gasteiger partial charge < -0.3 is 0 Å². The highest BCUT2D eigenvalue weighted by molar-refractivity contribution is 4.46. The highest BCUT2D eigenvalue weighted by Crippen LogP contribution is 2.10. The lowest BCUT2D eigenvalue weighted by molar-refractivity contribution is -0.317. The molecule has 2 nitrogen and oxygen atoms in total. The molecule has 0 radical (unpaired) electrons. The van der Waals surface area contributed by atoms with Crippen LogP contribution in [0.15, 0.2) is 0 Å². The van der Waals surface area contributed by atoms with E-state index < -0.39 is 0 Å². The minimum atomic E-state index is 0.179. The van der Waals surface area contributed by atoms with Crippen molar-refractivity contribution in [1.29, 1.82) is 0 Å². The van der Waals surface area contributed by atoms with Crippen molar-refractivity contribution in [3.63, 3.8) is 0 Å². The van der Waals surface area contributed by atoms with Crippen molar-refractivity contribution in [2.24, 2.45) is 0 Å². The maximum Gasteiger partial charge on any atom is 0.0873 e. The molecule has 2 heteroatoms. The third-order valence-corrected chi connectivity index (χ3v) is 2.84. The molecule has 0 aliphatic rings. The van der Waals surface area contributed by atoms with Crippen LogP contribution in [-0.2, 0) is 9.78 Å². The minimum Gasteiger partial charge on any atom is -0.236 e. The molecule has 0 bridgehead atoms. The van der Waals surface area contributed by atoms with E-state index in [9.17, 15) is 0 Å². The summed E-state index contributed by atoms with van der Waals surface area (Å²) >= 11 is 0. The van der Waals surface area contributed by atoms with Crippen molar-refractivity contribution in [1.82, 2.24) is 0 Å². The van der Waals surface area contributed by atoms with Crippen molar-refractivity contribution in [2.45, 2.75) is 91.1 Å². The van der Waals surface area contributed by atoms with Crippen LogP contribution in [0.5, 0.6) is 0 Å². The van der Waals surface area contributed by atoms with Crippen LogP contribution in [0.2, 0.25) is 0 Å². The van der Waals surface area contributed by atoms with Crippen LogP contribution >= 0.6 is 0 Å². The summed E-state index contributed by atoms with van der Waals surface area (Å²) in [6, 6.07) is 0. The first kappa shape index (κ1) is 16.9. The van der Waals surface area contributed by atoms with E-state index in [1.807, 2.05) is 13.8 Å². The lowest BCUT2D eigenvalue weighted by atomic mass is 10.1. The molecule has 0 atom stereocenters. The Morgan fingerprint density at radius 3 is 1.65 bits per heavy atom. The van der Waals surface area contributed by atoms with E-state index in [2.05, 4.69) is 6.92 Å². The summed E-state index contributed by atoms with van der Waals surface area (Å²) in [7, 11) is 0. The van der Waals surface area contributed by atoms with E-state index in [4.69, 9.17) is 9.78 Å². The van der Waals surface area contributed by atoms with Crippen LogP contribution in [-0.4, -0.2) is 12.7 Å². The molecule has 0 aliphatic carbocycles. The Morgan fingerprint density at radius 2 is 1.18 bits per heavy atom. The molecule has 0 heterocycles. The minimum absolute atomic E-state index is 0.179. The summed E-state index contributed by atoms with van der Waals surface area (Å²) in [5.41, 5.74) is 0. The second kappa shape index (κ2) is 14.0. The number of rotatable bonds is 13. The van der Waals surface area contributed by atoms with Gasteiger partial charge in [-0.2, -0.15) is 0 Å². The second-order valence-electron chi connectivity index (χ2n) is 5.15. The van der Waals surface area contributed by atoms with Gasteiger partial charge in [-0.3, -0.25) is 0 Å². The van der Waals surface area contributed by atoms with E-state index >= 15 is 0 Å². The normalized spacial score (nSPS) is 11.3. The van der Waals surface area contributed by atoms with Gasteiger partial charge in [0.15, 0.2) is 0 Å². The molecule has 0 fully saturated rings. The van der Waals surface area contributed by atoms with E-state index in [0.717, 1.165) is 13.0 Å². The van der Waals surface area contributed by atoms with Crippen molar-refractivity contribution in [3.8, 4) is 0 Å². The molecular formula is C15H32O2. The van der Waals surface area contributed by atoms with E-state index in [-0.39, 0.29) is 6.10 Å². The summed E-state index contributed by atoms with van der Waals surface area (Å²) in [5.74, 6) is 0. The Labute approximate surface area is 108 Å². The van der Waals surface area contributed by atoms with Gasteiger partial charge in [0.25, 0.3) is 0 Å². The number of unbranched alkanes of at least 4 members (excludes halogenated alkanes) is 9. The maximum atomic E-state index is 5.07. The summed E-state index contributed by atoms with van der Waals surface area (Å²) in [5, 5.41) is 0. The third-order valence-electron chi connectivity index (χ3n) is 2.84. The van der Waals surface area contributed by atoms with Gasteiger partial charge >= 0.3 is 0 Å². The van der Waals surface area contributed by atoms with Crippen LogP contribution in [0.3, 0.4) is 0 Å². The Morgan fingerprint density at radius 1 is 0.706 bits per heavy atom. The molecule has 17 heavy (non-hydrogen) atoms. The topological polar surface area (TPSA) is 18.5 Å². The molecule has 0 aromatic heterocycles. The summed E-state index contributed by atoms with van der Waals surface area (Å²) in [4.78, 5) is 10.1. The SMILES string of the molecule is CCCCCCCCCCCCOOC(C)C. The third kappa shape index (κ3) is 15.9. The first-order valence-corrected chi connectivity index (χ1v) is 7.55. The van der Waals surface area contributed by atoms with Crippen molar-refractivity contribution in [2.75, 3.05) is 6.61 Å². The van der Waals surface area contributed by atoms with Gasteiger partial charge in [-0.05, 0) is 20.3 Å². The first-order valence-electron chi connectivity index (χ1n) is 7.55. The lowest BCUT2D eigenvalue weighted by Gasteiger charge is -2.06. The summed E-state index contributed by atoms with van der Waals surface area (Å²) in [6.07, 6.45) is 13.8. The highest BCUT2D eigenvalue weighted by atomic mass is 17.2. The molecule has 0 saturated heterocycles. The quantitative estimate of drug-likeness (QED) is 0.250. The van der Waals surface area contributed by atoms with Crippen molar-refractivity contribution < 1.29 is 9.78 Å². The fourth-order valence-electron chi connectivity index (χ4n) is 1.83. The van der Waals surface area contributed by atoms with Gasteiger partial charge in [-0.25, -0.2) is 9.78 Å². The standard InChI is InChI=1S/C15H32O2/c1-4-5-6-7-8-9-10-11-12-13-14-16-17-15(2)3/h15H,4-14H2,1-3H3. The largest absolute Gasteiger partial charge is 0.236 e.